The topological polar surface area (TPSA) is 61.4 Å². The quantitative estimate of drug-likeness (QED) is 0.675. The lowest BCUT2D eigenvalue weighted by Crippen LogP contribution is -2.45. The van der Waals surface area contributed by atoms with Crippen molar-refractivity contribution in [3.05, 3.63) is 70.2 Å². The minimum Gasteiger partial charge on any atom is -0.369 e. The van der Waals surface area contributed by atoms with Crippen LogP contribution in [0.15, 0.2) is 54.6 Å². The highest BCUT2D eigenvalue weighted by molar-refractivity contribution is 7.13. The van der Waals surface area contributed by atoms with Gasteiger partial charge in [0.15, 0.2) is 0 Å². The van der Waals surface area contributed by atoms with Gasteiger partial charge in [-0.25, -0.2) is 0 Å². The van der Waals surface area contributed by atoms with Gasteiger partial charge in [-0.2, -0.15) is 0 Å². The number of piperazine rings is 1. The number of hydrogen-bond acceptors (Lipinski definition) is 6. The fraction of sp³-hybridized carbons (Fsp3) is 0.318. The predicted octanol–water partition coefficient (Wildman–Crippen LogP) is 3.68. The molecule has 0 atom stereocenters. The summed E-state index contributed by atoms with van der Waals surface area (Å²) in [6.07, 6.45) is 0.980. The number of nitrogens with one attached hydrogen (secondary N) is 1. The van der Waals surface area contributed by atoms with E-state index in [4.69, 9.17) is 0 Å². The fourth-order valence-electron chi connectivity index (χ4n) is 3.41. The first kappa shape index (κ1) is 19.5. The van der Waals surface area contributed by atoms with Crippen molar-refractivity contribution in [1.29, 1.82) is 0 Å². The van der Waals surface area contributed by atoms with Gasteiger partial charge >= 0.3 is 0 Å². The van der Waals surface area contributed by atoms with Gasteiger partial charge in [0.05, 0.1) is 6.54 Å². The number of anilines is 2. The maximum Gasteiger partial charge on any atom is 0.286 e. The SMILES string of the molecule is CCc1ccc(NC(=O)c2nnc(CN3CCN(c4ccccc4)CC3)s2)cc1. The third kappa shape index (κ3) is 4.99. The Bertz CT molecular complexity index is 933. The second kappa shape index (κ2) is 9.15. The van der Waals surface area contributed by atoms with Crippen LogP contribution < -0.4 is 10.2 Å². The molecule has 1 aliphatic heterocycles. The van der Waals surface area contributed by atoms with Gasteiger partial charge in [0.25, 0.3) is 5.91 Å². The highest BCUT2D eigenvalue weighted by Gasteiger charge is 2.20. The van der Waals surface area contributed by atoms with E-state index in [0.29, 0.717) is 5.01 Å². The van der Waals surface area contributed by atoms with Crippen LogP contribution in [0.2, 0.25) is 0 Å². The minimum absolute atomic E-state index is 0.202. The molecule has 2 aromatic carbocycles. The lowest BCUT2D eigenvalue weighted by Gasteiger charge is -2.35. The third-order valence-electron chi connectivity index (χ3n) is 5.13. The van der Waals surface area contributed by atoms with Crippen molar-refractivity contribution in [2.24, 2.45) is 0 Å². The molecule has 29 heavy (non-hydrogen) atoms. The largest absolute Gasteiger partial charge is 0.369 e. The number of para-hydroxylation sites is 1. The van der Waals surface area contributed by atoms with Gasteiger partial charge in [-0.05, 0) is 36.2 Å². The molecule has 1 saturated heterocycles. The normalized spacial score (nSPS) is 14.7. The molecule has 0 radical (unpaired) electrons. The second-order valence-electron chi connectivity index (χ2n) is 7.10. The number of carbonyl (C=O) groups is 1. The van der Waals surface area contributed by atoms with Crippen molar-refractivity contribution in [2.75, 3.05) is 36.4 Å². The zero-order valence-corrected chi connectivity index (χ0v) is 17.4. The van der Waals surface area contributed by atoms with Crippen molar-refractivity contribution < 1.29 is 4.79 Å². The van der Waals surface area contributed by atoms with E-state index in [2.05, 4.69) is 56.5 Å². The molecule has 7 heteroatoms. The molecule has 3 aromatic rings. The minimum atomic E-state index is -0.202. The summed E-state index contributed by atoms with van der Waals surface area (Å²) >= 11 is 1.37. The Morgan fingerprint density at radius 3 is 2.41 bits per heavy atom. The summed E-state index contributed by atoms with van der Waals surface area (Å²) in [5, 5.41) is 12.5. The fourth-order valence-corrected chi connectivity index (χ4v) is 4.19. The molecule has 150 valence electrons. The van der Waals surface area contributed by atoms with Gasteiger partial charge < -0.3 is 10.2 Å². The molecule has 0 aliphatic carbocycles. The van der Waals surface area contributed by atoms with E-state index in [1.165, 1.54) is 22.6 Å². The molecule has 0 saturated carbocycles. The van der Waals surface area contributed by atoms with E-state index in [0.717, 1.165) is 49.8 Å². The Kier molecular flexibility index (Phi) is 6.17. The first-order valence-corrected chi connectivity index (χ1v) is 10.8. The Labute approximate surface area is 175 Å². The monoisotopic (exact) mass is 407 g/mol. The molecule has 1 aromatic heterocycles. The van der Waals surface area contributed by atoms with Crippen LogP contribution in [0.25, 0.3) is 0 Å². The van der Waals surface area contributed by atoms with Gasteiger partial charge in [-0.15, -0.1) is 10.2 Å². The zero-order valence-electron chi connectivity index (χ0n) is 16.5. The molecule has 0 spiro atoms. The first-order chi connectivity index (χ1) is 14.2. The predicted molar refractivity (Wildman–Crippen MR) is 118 cm³/mol. The molecule has 1 fully saturated rings. The molecular weight excluding hydrogens is 382 g/mol. The van der Waals surface area contributed by atoms with Crippen molar-refractivity contribution in [1.82, 2.24) is 15.1 Å². The zero-order chi connectivity index (χ0) is 20.1. The summed E-state index contributed by atoms with van der Waals surface area (Å²) in [5.41, 5.74) is 3.29. The summed E-state index contributed by atoms with van der Waals surface area (Å²) in [6, 6.07) is 18.4. The highest BCUT2D eigenvalue weighted by atomic mass is 32.1. The van der Waals surface area contributed by atoms with Gasteiger partial charge in [-0.1, -0.05) is 48.6 Å². The summed E-state index contributed by atoms with van der Waals surface area (Å²) < 4.78 is 0. The average Bonchev–Trinajstić information content (AvgIpc) is 3.24. The molecule has 2 heterocycles. The molecule has 0 bridgehead atoms. The second-order valence-corrected chi connectivity index (χ2v) is 8.17. The van der Waals surface area contributed by atoms with E-state index in [1.807, 2.05) is 30.3 Å². The maximum atomic E-state index is 12.5. The molecule has 4 rings (SSSR count). The van der Waals surface area contributed by atoms with E-state index in [-0.39, 0.29) is 5.91 Å². The summed E-state index contributed by atoms with van der Waals surface area (Å²) in [6.45, 7) is 6.77. The van der Waals surface area contributed by atoms with Crippen LogP contribution in [-0.2, 0) is 13.0 Å². The van der Waals surface area contributed by atoms with Gasteiger partial charge in [0, 0.05) is 37.6 Å². The maximum absolute atomic E-state index is 12.5. The van der Waals surface area contributed by atoms with Crippen LogP contribution in [0.3, 0.4) is 0 Å². The molecular formula is C22H25N5OS. The van der Waals surface area contributed by atoms with Crippen molar-refractivity contribution in [3.8, 4) is 0 Å². The number of benzene rings is 2. The molecule has 1 N–H and O–H groups in total. The highest BCUT2D eigenvalue weighted by Crippen LogP contribution is 2.19. The van der Waals surface area contributed by atoms with Crippen LogP contribution in [0.1, 0.15) is 27.3 Å². The number of nitrogens with zero attached hydrogens (tertiary/aromatic N) is 4. The Morgan fingerprint density at radius 1 is 1.00 bits per heavy atom. The van der Waals surface area contributed by atoms with Gasteiger partial charge in [-0.3, -0.25) is 9.69 Å². The van der Waals surface area contributed by atoms with E-state index in [9.17, 15) is 4.79 Å². The lowest BCUT2D eigenvalue weighted by atomic mass is 10.1. The Hall–Kier alpha value is -2.77. The van der Waals surface area contributed by atoms with Crippen molar-refractivity contribution in [3.63, 3.8) is 0 Å². The molecule has 0 unspecified atom stereocenters. The Balaban J connectivity index is 1.29. The van der Waals surface area contributed by atoms with E-state index >= 15 is 0 Å². The lowest BCUT2D eigenvalue weighted by molar-refractivity contribution is 0.102. The number of amides is 1. The summed E-state index contributed by atoms with van der Waals surface area (Å²) in [4.78, 5) is 17.2. The first-order valence-electron chi connectivity index (χ1n) is 9.96. The van der Waals surface area contributed by atoms with Crippen LogP contribution in [-0.4, -0.2) is 47.2 Å². The van der Waals surface area contributed by atoms with Crippen LogP contribution in [0.5, 0.6) is 0 Å². The van der Waals surface area contributed by atoms with Crippen molar-refractivity contribution >= 4 is 28.6 Å². The standard InChI is InChI=1S/C22H25N5OS/c1-2-17-8-10-18(11-9-17)23-21(28)22-25-24-20(29-22)16-26-12-14-27(15-13-26)19-6-4-3-5-7-19/h3-11H,2,12-16H2,1H3,(H,23,28). The number of aromatic nitrogens is 2. The molecule has 6 nitrogen and oxygen atoms in total. The van der Waals surface area contributed by atoms with Crippen LogP contribution in [0.4, 0.5) is 11.4 Å². The van der Waals surface area contributed by atoms with Gasteiger partial charge in [0.1, 0.15) is 5.01 Å². The van der Waals surface area contributed by atoms with E-state index in [1.54, 1.807) is 0 Å². The third-order valence-corrected chi connectivity index (χ3v) is 6.04. The summed E-state index contributed by atoms with van der Waals surface area (Å²) in [7, 11) is 0. The number of aryl methyl sites for hydroxylation is 1. The average molecular weight is 408 g/mol. The summed E-state index contributed by atoms with van der Waals surface area (Å²) in [5.74, 6) is -0.202. The number of rotatable bonds is 6. The van der Waals surface area contributed by atoms with Crippen molar-refractivity contribution in [2.45, 2.75) is 19.9 Å². The Morgan fingerprint density at radius 2 is 1.72 bits per heavy atom. The van der Waals surface area contributed by atoms with E-state index < -0.39 is 0 Å². The number of carbonyl (C=O) groups excluding carboxylic acids is 1. The number of hydrogen-bond donors (Lipinski definition) is 1. The smallest absolute Gasteiger partial charge is 0.286 e. The molecule has 1 amide bonds. The van der Waals surface area contributed by atoms with Gasteiger partial charge in [0.2, 0.25) is 5.01 Å². The van der Waals surface area contributed by atoms with Crippen LogP contribution in [0, 0.1) is 0 Å². The molecule has 1 aliphatic rings. The van der Waals surface area contributed by atoms with Crippen LogP contribution >= 0.6 is 11.3 Å².